The molecule has 0 fully saturated rings. The molecule has 0 unspecified atom stereocenters. The predicted octanol–water partition coefficient (Wildman–Crippen LogP) is 0.514. The molecular weight excluding hydrogens is 200 g/mol. The van der Waals surface area contributed by atoms with Crippen molar-refractivity contribution in [2.24, 2.45) is 0 Å². The highest BCUT2D eigenvalue weighted by Crippen LogP contribution is 2.09. The first-order valence-corrected chi connectivity index (χ1v) is 3.84. The summed E-state index contributed by atoms with van der Waals surface area (Å²) in [4.78, 5) is 24.2. The number of aromatic nitrogens is 1. The van der Waals surface area contributed by atoms with Crippen molar-refractivity contribution < 1.29 is 14.5 Å². The lowest BCUT2D eigenvalue weighted by atomic mass is 10.3. The summed E-state index contributed by atoms with van der Waals surface area (Å²) in [7, 11) is 1.19. The number of carbonyl (C=O) groups is 1. The Morgan fingerprint density at radius 2 is 2.40 bits per heavy atom. The first kappa shape index (κ1) is 10.7. The molecule has 0 aliphatic heterocycles. The van der Waals surface area contributed by atoms with Gasteiger partial charge in [0.1, 0.15) is 5.69 Å². The van der Waals surface area contributed by atoms with Crippen LogP contribution in [0.4, 0.5) is 5.69 Å². The van der Waals surface area contributed by atoms with Crippen molar-refractivity contribution in [2.45, 2.75) is 0 Å². The molecule has 76 valence electrons. The standard InChI is InChI=1S/C9H6N2O4/c1-15-9(12)3-2-7-6-8(11(13)14)4-5-10-7/h4-6H,1H3. The van der Waals surface area contributed by atoms with E-state index in [1.54, 1.807) is 0 Å². The fraction of sp³-hybridized carbons (Fsp3) is 0.111. The number of nitrogens with zero attached hydrogens (tertiary/aromatic N) is 2. The molecule has 1 rings (SSSR count). The Bertz CT molecular complexity index is 459. The maximum absolute atomic E-state index is 10.6. The van der Waals surface area contributed by atoms with Crippen molar-refractivity contribution in [1.29, 1.82) is 0 Å². The molecule has 1 aromatic rings. The Hall–Kier alpha value is -2.42. The SMILES string of the molecule is COC(=O)C#Cc1cc([N+](=O)[O-])ccn1. The van der Waals surface area contributed by atoms with Gasteiger partial charge in [-0.3, -0.25) is 10.1 Å². The second-order valence-electron chi connectivity index (χ2n) is 2.40. The molecule has 0 atom stereocenters. The fourth-order valence-corrected chi connectivity index (χ4v) is 0.767. The van der Waals surface area contributed by atoms with Crippen LogP contribution in [-0.2, 0) is 9.53 Å². The number of esters is 1. The largest absolute Gasteiger partial charge is 0.459 e. The minimum atomic E-state index is -0.719. The van der Waals surface area contributed by atoms with Crippen LogP contribution >= 0.6 is 0 Å². The molecule has 6 nitrogen and oxygen atoms in total. The normalized spacial score (nSPS) is 8.60. The average molecular weight is 206 g/mol. The number of pyridine rings is 1. The number of hydrogen-bond acceptors (Lipinski definition) is 5. The summed E-state index contributed by atoms with van der Waals surface area (Å²) in [5.41, 5.74) is 0.0220. The number of carbonyl (C=O) groups excluding carboxylic acids is 1. The summed E-state index contributed by atoms with van der Waals surface area (Å²) in [6, 6.07) is 2.42. The van der Waals surface area contributed by atoms with Gasteiger partial charge in [0, 0.05) is 18.2 Å². The third kappa shape index (κ3) is 3.08. The maximum atomic E-state index is 10.6. The summed E-state index contributed by atoms with van der Waals surface area (Å²) in [5, 5.41) is 10.4. The molecule has 0 saturated heterocycles. The second kappa shape index (κ2) is 4.72. The molecule has 0 bridgehead atoms. The minimum Gasteiger partial charge on any atom is -0.459 e. The van der Waals surface area contributed by atoms with Gasteiger partial charge in [0.25, 0.3) is 5.69 Å². The second-order valence-corrected chi connectivity index (χ2v) is 2.40. The van der Waals surface area contributed by atoms with Gasteiger partial charge in [-0.05, 0) is 5.92 Å². The van der Waals surface area contributed by atoms with Crippen LogP contribution < -0.4 is 0 Å². The highest BCUT2D eigenvalue weighted by Gasteiger charge is 2.04. The Kier molecular flexibility index (Phi) is 3.35. The van der Waals surface area contributed by atoms with Gasteiger partial charge in [0.2, 0.25) is 0 Å². The fourth-order valence-electron chi connectivity index (χ4n) is 0.767. The molecular formula is C9H6N2O4. The molecule has 1 heterocycles. The number of hydrogen-bond donors (Lipinski definition) is 0. The van der Waals surface area contributed by atoms with Gasteiger partial charge in [-0.2, -0.15) is 0 Å². The van der Waals surface area contributed by atoms with E-state index in [0.29, 0.717) is 0 Å². The van der Waals surface area contributed by atoms with E-state index in [1.807, 2.05) is 0 Å². The molecule has 0 spiro atoms. The highest BCUT2D eigenvalue weighted by atomic mass is 16.6. The van der Waals surface area contributed by atoms with Crippen LogP contribution in [0.15, 0.2) is 18.3 Å². The van der Waals surface area contributed by atoms with Crippen LogP contribution in [-0.4, -0.2) is 23.0 Å². The molecule has 0 aliphatic rings. The van der Waals surface area contributed by atoms with Gasteiger partial charge in [-0.1, -0.05) is 0 Å². The Labute approximate surface area is 85.0 Å². The minimum absolute atomic E-state index is 0.126. The highest BCUT2D eigenvalue weighted by molar-refractivity contribution is 5.88. The van der Waals surface area contributed by atoms with E-state index in [2.05, 4.69) is 21.6 Å². The number of nitro groups is 1. The van der Waals surface area contributed by atoms with E-state index >= 15 is 0 Å². The number of ether oxygens (including phenoxy) is 1. The van der Waals surface area contributed by atoms with Crippen LogP contribution in [0.5, 0.6) is 0 Å². The molecule has 0 aliphatic carbocycles. The van der Waals surface area contributed by atoms with E-state index < -0.39 is 10.9 Å². The van der Waals surface area contributed by atoms with Crippen molar-refractivity contribution in [3.05, 3.63) is 34.1 Å². The first-order valence-electron chi connectivity index (χ1n) is 3.84. The molecule has 0 N–H and O–H groups in total. The predicted molar refractivity (Wildman–Crippen MR) is 49.8 cm³/mol. The zero-order valence-corrected chi connectivity index (χ0v) is 7.76. The van der Waals surface area contributed by atoms with Crippen LogP contribution in [0.2, 0.25) is 0 Å². The maximum Gasteiger partial charge on any atom is 0.384 e. The first-order chi connectivity index (χ1) is 7.13. The summed E-state index contributed by atoms with van der Waals surface area (Å²) in [6.45, 7) is 0. The zero-order chi connectivity index (χ0) is 11.3. The van der Waals surface area contributed by atoms with Gasteiger partial charge < -0.3 is 4.74 Å². The van der Waals surface area contributed by atoms with E-state index in [4.69, 9.17) is 0 Å². The summed E-state index contributed by atoms with van der Waals surface area (Å²) < 4.78 is 4.28. The quantitative estimate of drug-likeness (QED) is 0.289. The number of methoxy groups -OCH3 is 1. The van der Waals surface area contributed by atoms with Crippen molar-refractivity contribution in [3.8, 4) is 11.8 Å². The monoisotopic (exact) mass is 206 g/mol. The van der Waals surface area contributed by atoms with Gasteiger partial charge in [0.05, 0.1) is 18.1 Å². The van der Waals surface area contributed by atoms with Crippen molar-refractivity contribution in [1.82, 2.24) is 4.98 Å². The molecule has 0 amide bonds. The van der Waals surface area contributed by atoms with Gasteiger partial charge in [-0.15, -0.1) is 0 Å². The molecule has 15 heavy (non-hydrogen) atoms. The molecule has 6 heteroatoms. The van der Waals surface area contributed by atoms with E-state index in [0.717, 1.165) is 0 Å². The van der Waals surface area contributed by atoms with Gasteiger partial charge in [0.15, 0.2) is 0 Å². The van der Waals surface area contributed by atoms with Crippen molar-refractivity contribution in [3.63, 3.8) is 0 Å². The van der Waals surface area contributed by atoms with Crippen LogP contribution in [0, 0.1) is 22.0 Å². The lowest BCUT2D eigenvalue weighted by Gasteiger charge is -1.90. The molecule has 0 radical (unpaired) electrons. The lowest BCUT2D eigenvalue weighted by Crippen LogP contribution is -1.95. The van der Waals surface area contributed by atoms with E-state index in [1.165, 1.54) is 25.4 Å². The Balaban J connectivity index is 2.95. The topological polar surface area (TPSA) is 82.3 Å². The van der Waals surface area contributed by atoms with Gasteiger partial charge >= 0.3 is 5.97 Å². The van der Waals surface area contributed by atoms with Gasteiger partial charge in [-0.25, -0.2) is 9.78 Å². The van der Waals surface area contributed by atoms with Crippen LogP contribution in [0.3, 0.4) is 0 Å². The smallest absolute Gasteiger partial charge is 0.384 e. The zero-order valence-electron chi connectivity index (χ0n) is 7.76. The molecule has 0 aromatic carbocycles. The molecule has 0 saturated carbocycles. The number of rotatable bonds is 1. The van der Waals surface area contributed by atoms with Crippen LogP contribution in [0.1, 0.15) is 5.69 Å². The van der Waals surface area contributed by atoms with Crippen molar-refractivity contribution >= 4 is 11.7 Å². The molecule has 1 aromatic heterocycles. The Morgan fingerprint density at radius 1 is 1.67 bits per heavy atom. The summed E-state index contributed by atoms with van der Waals surface area (Å²) >= 11 is 0. The van der Waals surface area contributed by atoms with Crippen molar-refractivity contribution in [2.75, 3.05) is 7.11 Å². The Morgan fingerprint density at radius 3 is 3.00 bits per heavy atom. The third-order valence-corrected chi connectivity index (χ3v) is 1.43. The average Bonchev–Trinajstić information content (AvgIpc) is 2.26. The van der Waals surface area contributed by atoms with E-state index in [9.17, 15) is 14.9 Å². The summed E-state index contributed by atoms with van der Waals surface area (Å²) in [5.74, 6) is 3.75. The summed E-state index contributed by atoms with van der Waals surface area (Å²) in [6.07, 6.45) is 1.25. The van der Waals surface area contributed by atoms with Crippen LogP contribution in [0.25, 0.3) is 0 Å². The van der Waals surface area contributed by atoms with E-state index in [-0.39, 0.29) is 11.4 Å². The third-order valence-electron chi connectivity index (χ3n) is 1.43. The lowest BCUT2D eigenvalue weighted by molar-refractivity contribution is -0.385.